The van der Waals surface area contributed by atoms with Crippen molar-refractivity contribution >= 4 is 10.8 Å². The van der Waals surface area contributed by atoms with Crippen LogP contribution in [0.25, 0.3) is 0 Å². The Hall–Kier alpha value is -0.930. The molecule has 0 saturated heterocycles. The molecule has 0 radical (unpaired) electrons. The van der Waals surface area contributed by atoms with Gasteiger partial charge in [0.1, 0.15) is 0 Å². The minimum absolute atomic E-state index is 0.281. The first kappa shape index (κ1) is 21.1. The maximum atomic E-state index is 13.2. The Morgan fingerprint density at radius 2 is 1.67 bits per heavy atom. The zero-order valence-corrected chi connectivity index (χ0v) is 16.6. The molecule has 24 heavy (non-hydrogen) atoms. The second-order valence-electron chi connectivity index (χ2n) is 6.61. The number of hydrogen-bond donors (Lipinski definition) is 1. The number of unbranched alkanes of at least 4 members (excludes halogenated alkanes) is 2. The van der Waals surface area contributed by atoms with Crippen LogP contribution < -0.4 is 0 Å². The number of benzene rings is 1. The molecule has 136 valence electrons. The molecule has 3 heteroatoms. The number of allylic oxidation sites excluding steroid dienone is 1. The van der Waals surface area contributed by atoms with E-state index in [1.165, 1.54) is 5.56 Å². The lowest BCUT2D eigenvalue weighted by molar-refractivity contribution is 0.208. The van der Waals surface area contributed by atoms with Gasteiger partial charge in [-0.2, -0.15) is 0 Å². The molecule has 1 aromatic rings. The molecule has 0 aliphatic rings. The third kappa shape index (κ3) is 6.90. The van der Waals surface area contributed by atoms with Crippen molar-refractivity contribution in [3.05, 3.63) is 40.8 Å². The van der Waals surface area contributed by atoms with Gasteiger partial charge in [0, 0.05) is 9.80 Å². The zero-order valence-electron chi connectivity index (χ0n) is 15.8. The normalized spacial score (nSPS) is 16.0. The number of hydrogen-bond acceptors (Lipinski definition) is 2. The van der Waals surface area contributed by atoms with Crippen LogP contribution in [0.4, 0.5) is 0 Å². The standard InChI is InChI=1S/C21H34O2S/c1-5-8-10-18(7-3)21(16-19(22)11-9-6-2)24(23)20-14-12-17(4)13-15-20/h12-16,18-19,22H,5-11H2,1-4H3/b21-16-/t18-,19+,24+/m1/s1. The van der Waals surface area contributed by atoms with Crippen LogP contribution in [-0.2, 0) is 10.8 Å². The average molecular weight is 351 g/mol. The Labute approximate surface area is 150 Å². The number of aliphatic hydroxyl groups is 1. The first-order chi connectivity index (χ1) is 11.5. The van der Waals surface area contributed by atoms with Gasteiger partial charge in [0.25, 0.3) is 0 Å². The summed E-state index contributed by atoms with van der Waals surface area (Å²) in [5.41, 5.74) is 1.17. The summed E-state index contributed by atoms with van der Waals surface area (Å²) in [7, 11) is -1.19. The van der Waals surface area contributed by atoms with Crippen molar-refractivity contribution in [3.8, 4) is 0 Å². The lowest BCUT2D eigenvalue weighted by atomic mass is 9.97. The molecule has 0 aromatic heterocycles. The van der Waals surface area contributed by atoms with E-state index in [0.717, 1.165) is 54.7 Å². The zero-order chi connectivity index (χ0) is 17.9. The summed E-state index contributed by atoms with van der Waals surface area (Å²) in [6, 6.07) is 7.91. The van der Waals surface area contributed by atoms with Crippen molar-refractivity contribution in [2.24, 2.45) is 5.92 Å². The molecule has 0 aliphatic heterocycles. The fraction of sp³-hybridized carbons (Fsp3) is 0.619. The second kappa shape index (κ2) is 11.6. The summed E-state index contributed by atoms with van der Waals surface area (Å²) >= 11 is 0. The van der Waals surface area contributed by atoms with E-state index in [1.807, 2.05) is 37.3 Å². The highest BCUT2D eigenvalue weighted by atomic mass is 32.2. The highest BCUT2D eigenvalue weighted by molar-refractivity contribution is 7.89. The van der Waals surface area contributed by atoms with Crippen LogP contribution in [0.2, 0.25) is 0 Å². The smallest absolute Gasteiger partial charge is 0.0808 e. The van der Waals surface area contributed by atoms with E-state index in [1.54, 1.807) is 0 Å². The number of aryl methyl sites for hydroxylation is 1. The third-order valence-corrected chi connectivity index (χ3v) is 6.06. The summed E-state index contributed by atoms with van der Waals surface area (Å²) < 4.78 is 13.2. The molecule has 0 unspecified atom stereocenters. The minimum Gasteiger partial charge on any atom is -0.389 e. The Morgan fingerprint density at radius 1 is 1.08 bits per heavy atom. The maximum Gasteiger partial charge on any atom is 0.0808 e. The van der Waals surface area contributed by atoms with Crippen LogP contribution in [0.15, 0.2) is 40.1 Å². The van der Waals surface area contributed by atoms with Crippen LogP contribution in [0.5, 0.6) is 0 Å². The van der Waals surface area contributed by atoms with Gasteiger partial charge in [-0.15, -0.1) is 0 Å². The molecular weight excluding hydrogens is 316 g/mol. The Kier molecular flexibility index (Phi) is 10.2. The van der Waals surface area contributed by atoms with Crippen molar-refractivity contribution in [2.45, 2.75) is 83.6 Å². The molecule has 0 fully saturated rings. The number of aliphatic hydroxyl groups excluding tert-OH is 1. The van der Waals surface area contributed by atoms with Gasteiger partial charge in [-0.3, -0.25) is 0 Å². The molecule has 0 heterocycles. The van der Waals surface area contributed by atoms with Crippen molar-refractivity contribution in [2.75, 3.05) is 0 Å². The van der Waals surface area contributed by atoms with Crippen LogP contribution in [0.3, 0.4) is 0 Å². The summed E-state index contributed by atoms with van der Waals surface area (Å²) in [5, 5.41) is 10.3. The van der Waals surface area contributed by atoms with Crippen LogP contribution in [0, 0.1) is 12.8 Å². The molecule has 0 aliphatic carbocycles. The van der Waals surface area contributed by atoms with Crippen molar-refractivity contribution in [1.82, 2.24) is 0 Å². The van der Waals surface area contributed by atoms with Gasteiger partial charge in [0.2, 0.25) is 0 Å². The van der Waals surface area contributed by atoms with Crippen molar-refractivity contribution < 1.29 is 9.32 Å². The summed E-state index contributed by atoms with van der Waals surface area (Å²) in [6.45, 7) is 8.49. The predicted octanol–water partition coefficient (Wildman–Crippen LogP) is 5.75. The van der Waals surface area contributed by atoms with Gasteiger partial charge >= 0.3 is 0 Å². The molecule has 0 spiro atoms. The molecular formula is C21H34O2S. The van der Waals surface area contributed by atoms with E-state index in [-0.39, 0.29) is 5.92 Å². The first-order valence-corrected chi connectivity index (χ1v) is 10.6. The first-order valence-electron chi connectivity index (χ1n) is 9.41. The fourth-order valence-electron chi connectivity index (χ4n) is 2.83. The molecule has 1 aromatic carbocycles. The monoisotopic (exact) mass is 350 g/mol. The van der Waals surface area contributed by atoms with Crippen LogP contribution >= 0.6 is 0 Å². The van der Waals surface area contributed by atoms with Gasteiger partial charge in [0.05, 0.1) is 16.9 Å². The van der Waals surface area contributed by atoms with Gasteiger partial charge in [-0.1, -0.05) is 64.2 Å². The highest BCUT2D eigenvalue weighted by Gasteiger charge is 2.21. The number of rotatable bonds is 11. The maximum absolute atomic E-state index is 13.2. The second-order valence-corrected chi connectivity index (χ2v) is 8.09. The van der Waals surface area contributed by atoms with Gasteiger partial charge in [-0.25, -0.2) is 4.21 Å². The molecule has 2 nitrogen and oxygen atoms in total. The van der Waals surface area contributed by atoms with E-state index in [0.29, 0.717) is 0 Å². The minimum atomic E-state index is -1.19. The summed E-state index contributed by atoms with van der Waals surface area (Å²) in [6.07, 6.45) is 8.46. The van der Waals surface area contributed by atoms with Gasteiger partial charge in [-0.05, 0) is 50.3 Å². The van der Waals surface area contributed by atoms with Gasteiger partial charge in [0.15, 0.2) is 0 Å². The summed E-state index contributed by atoms with van der Waals surface area (Å²) in [4.78, 5) is 1.75. The molecule has 1 N–H and O–H groups in total. The lowest BCUT2D eigenvalue weighted by Gasteiger charge is -2.20. The Balaban J connectivity index is 3.07. The predicted molar refractivity (Wildman–Crippen MR) is 105 cm³/mol. The van der Waals surface area contributed by atoms with E-state index < -0.39 is 16.9 Å². The van der Waals surface area contributed by atoms with Crippen molar-refractivity contribution in [3.63, 3.8) is 0 Å². The van der Waals surface area contributed by atoms with Gasteiger partial charge < -0.3 is 5.11 Å². The third-order valence-electron chi connectivity index (χ3n) is 4.46. The SMILES string of the molecule is CCCC[C@@H](CC)/C(=C/[C@@H](O)CCCC)[S@@](=O)c1ccc(C)cc1. The quantitative estimate of drug-likeness (QED) is 0.551. The highest BCUT2D eigenvalue weighted by Crippen LogP contribution is 2.29. The average Bonchev–Trinajstić information content (AvgIpc) is 2.59. The van der Waals surface area contributed by atoms with E-state index in [4.69, 9.17) is 0 Å². The molecule has 0 amide bonds. The van der Waals surface area contributed by atoms with E-state index in [2.05, 4.69) is 20.8 Å². The largest absolute Gasteiger partial charge is 0.389 e. The molecule has 0 saturated carbocycles. The summed E-state index contributed by atoms with van der Waals surface area (Å²) in [5.74, 6) is 0.281. The van der Waals surface area contributed by atoms with Crippen LogP contribution in [-0.4, -0.2) is 15.4 Å². The van der Waals surface area contributed by atoms with E-state index >= 15 is 0 Å². The fourth-order valence-corrected chi connectivity index (χ4v) is 4.35. The Morgan fingerprint density at radius 3 is 2.21 bits per heavy atom. The van der Waals surface area contributed by atoms with E-state index in [9.17, 15) is 9.32 Å². The van der Waals surface area contributed by atoms with Crippen LogP contribution in [0.1, 0.15) is 71.3 Å². The lowest BCUT2D eigenvalue weighted by Crippen LogP contribution is -2.13. The molecule has 1 rings (SSSR count). The topological polar surface area (TPSA) is 37.3 Å². The van der Waals surface area contributed by atoms with Crippen molar-refractivity contribution in [1.29, 1.82) is 0 Å². The molecule has 3 atom stereocenters. The Bertz CT molecular complexity index is 519. The molecule has 0 bridgehead atoms.